The van der Waals surface area contributed by atoms with Gasteiger partial charge in [0.05, 0.1) is 11.9 Å². The lowest BCUT2D eigenvalue weighted by atomic mass is 10.0. The van der Waals surface area contributed by atoms with Crippen LogP contribution in [0.15, 0.2) is 29.6 Å². The molecular weight excluding hydrogens is 349 g/mol. The summed E-state index contributed by atoms with van der Waals surface area (Å²) in [5.41, 5.74) is -0.275. The van der Waals surface area contributed by atoms with Gasteiger partial charge in [0.1, 0.15) is 17.8 Å². The van der Waals surface area contributed by atoms with E-state index in [1.807, 2.05) is 0 Å². The number of nitrogens with zero attached hydrogens (tertiary/aromatic N) is 5. The van der Waals surface area contributed by atoms with Crippen LogP contribution in [-0.2, 0) is 19.8 Å². The van der Waals surface area contributed by atoms with Gasteiger partial charge in [-0.2, -0.15) is 13.2 Å². The van der Waals surface area contributed by atoms with Gasteiger partial charge in [-0.25, -0.2) is 9.97 Å². The topological polar surface area (TPSA) is 75.9 Å². The van der Waals surface area contributed by atoms with Gasteiger partial charge in [0.25, 0.3) is 5.56 Å². The molecule has 0 atom stereocenters. The maximum atomic E-state index is 12.7. The average Bonchev–Trinajstić information content (AvgIpc) is 2.60. The average molecular weight is 368 g/mol. The summed E-state index contributed by atoms with van der Waals surface area (Å²) >= 11 is 0. The molecule has 0 spiro atoms. The molecule has 0 bridgehead atoms. The number of hydrogen-bond acceptors (Lipinski definition) is 6. The van der Waals surface area contributed by atoms with Crippen molar-refractivity contribution in [2.45, 2.75) is 31.6 Å². The molecular formula is C16H19F3N6O. The molecule has 26 heavy (non-hydrogen) atoms. The number of alkyl halides is 3. The van der Waals surface area contributed by atoms with Crippen LogP contribution in [0.2, 0.25) is 0 Å². The van der Waals surface area contributed by atoms with Crippen LogP contribution < -0.4 is 10.9 Å². The summed E-state index contributed by atoms with van der Waals surface area (Å²) in [5.74, 6) is 0.181. The fourth-order valence-electron chi connectivity index (χ4n) is 2.91. The van der Waals surface area contributed by atoms with E-state index >= 15 is 0 Å². The van der Waals surface area contributed by atoms with E-state index in [-0.39, 0.29) is 17.4 Å². The number of nitrogens with one attached hydrogen (secondary N) is 1. The maximum absolute atomic E-state index is 12.7. The van der Waals surface area contributed by atoms with Crippen molar-refractivity contribution in [2.75, 3.05) is 18.4 Å². The van der Waals surface area contributed by atoms with Gasteiger partial charge >= 0.3 is 6.18 Å². The second kappa shape index (κ2) is 7.40. The molecule has 3 rings (SSSR count). The summed E-state index contributed by atoms with van der Waals surface area (Å²) in [6.07, 6.45) is 0.909. The van der Waals surface area contributed by atoms with Crippen LogP contribution in [0.25, 0.3) is 0 Å². The Labute approximate surface area is 147 Å². The van der Waals surface area contributed by atoms with Crippen LogP contribution in [0.3, 0.4) is 0 Å². The Kier molecular flexibility index (Phi) is 5.21. The normalized spacial score (nSPS) is 16.6. The molecule has 1 N–H and O–H groups in total. The first kappa shape index (κ1) is 18.3. The maximum Gasteiger partial charge on any atom is 0.433 e. The molecule has 10 heteroatoms. The third-order valence-corrected chi connectivity index (χ3v) is 4.45. The van der Waals surface area contributed by atoms with Gasteiger partial charge in [-0.3, -0.25) is 14.7 Å². The highest BCUT2D eigenvalue weighted by Gasteiger charge is 2.33. The Morgan fingerprint density at radius 3 is 2.65 bits per heavy atom. The van der Waals surface area contributed by atoms with Crippen molar-refractivity contribution < 1.29 is 13.2 Å². The summed E-state index contributed by atoms with van der Waals surface area (Å²) < 4.78 is 39.7. The minimum atomic E-state index is -4.48. The van der Waals surface area contributed by atoms with Crippen molar-refractivity contribution in [2.24, 2.45) is 7.05 Å². The Morgan fingerprint density at radius 1 is 1.23 bits per heavy atom. The fraction of sp³-hybridized carbons (Fsp3) is 0.500. The SMILES string of the molecule is Cn1c(CN2CCC(Nc3cc(C(F)(F)F)ncn3)CC2)cncc1=O. The third kappa shape index (κ3) is 4.37. The van der Waals surface area contributed by atoms with Crippen molar-refractivity contribution in [3.63, 3.8) is 0 Å². The predicted molar refractivity (Wildman–Crippen MR) is 88.4 cm³/mol. The van der Waals surface area contributed by atoms with Gasteiger partial charge in [0, 0.05) is 45.0 Å². The number of anilines is 1. The predicted octanol–water partition coefficient (Wildman–Crippen LogP) is 1.67. The molecule has 1 aliphatic rings. The molecule has 1 aliphatic heterocycles. The number of aromatic nitrogens is 4. The first-order valence-electron chi connectivity index (χ1n) is 8.21. The number of likely N-dealkylation sites (tertiary alicyclic amines) is 1. The Morgan fingerprint density at radius 2 is 1.96 bits per heavy atom. The van der Waals surface area contributed by atoms with Crippen LogP contribution in [0.5, 0.6) is 0 Å². The van der Waals surface area contributed by atoms with E-state index in [4.69, 9.17) is 0 Å². The van der Waals surface area contributed by atoms with Crippen LogP contribution in [0, 0.1) is 0 Å². The molecule has 3 heterocycles. The quantitative estimate of drug-likeness (QED) is 0.885. The lowest BCUT2D eigenvalue weighted by Gasteiger charge is -2.32. The zero-order valence-corrected chi connectivity index (χ0v) is 14.2. The first-order chi connectivity index (χ1) is 12.3. The molecule has 1 fully saturated rings. The van der Waals surface area contributed by atoms with Crippen LogP contribution >= 0.6 is 0 Å². The molecule has 2 aromatic rings. The molecule has 0 saturated carbocycles. The van der Waals surface area contributed by atoms with Gasteiger partial charge in [0.15, 0.2) is 0 Å². The summed E-state index contributed by atoms with van der Waals surface area (Å²) in [6.45, 7) is 2.13. The lowest BCUT2D eigenvalue weighted by molar-refractivity contribution is -0.141. The Hall–Kier alpha value is -2.49. The van der Waals surface area contributed by atoms with E-state index in [9.17, 15) is 18.0 Å². The lowest BCUT2D eigenvalue weighted by Crippen LogP contribution is -2.39. The van der Waals surface area contributed by atoms with E-state index in [1.54, 1.807) is 17.8 Å². The highest BCUT2D eigenvalue weighted by atomic mass is 19.4. The molecule has 0 aromatic carbocycles. The zero-order valence-electron chi connectivity index (χ0n) is 14.2. The fourth-order valence-corrected chi connectivity index (χ4v) is 2.91. The van der Waals surface area contributed by atoms with Crippen LogP contribution in [-0.4, -0.2) is 43.6 Å². The van der Waals surface area contributed by atoms with E-state index in [1.165, 1.54) is 6.20 Å². The van der Waals surface area contributed by atoms with Crippen molar-refractivity contribution in [3.8, 4) is 0 Å². The molecule has 2 aromatic heterocycles. The molecule has 0 unspecified atom stereocenters. The van der Waals surface area contributed by atoms with Crippen LogP contribution in [0.1, 0.15) is 24.2 Å². The monoisotopic (exact) mass is 368 g/mol. The van der Waals surface area contributed by atoms with Gasteiger partial charge in [0.2, 0.25) is 0 Å². The molecule has 0 aliphatic carbocycles. The number of hydrogen-bond donors (Lipinski definition) is 1. The van der Waals surface area contributed by atoms with Crippen molar-refractivity contribution in [1.29, 1.82) is 0 Å². The summed E-state index contributed by atoms with van der Waals surface area (Å²) in [7, 11) is 1.71. The van der Waals surface area contributed by atoms with E-state index < -0.39 is 11.9 Å². The van der Waals surface area contributed by atoms with Crippen molar-refractivity contribution in [3.05, 3.63) is 46.5 Å². The minimum absolute atomic E-state index is 0.0416. The highest BCUT2D eigenvalue weighted by molar-refractivity contribution is 5.36. The van der Waals surface area contributed by atoms with E-state index in [0.717, 1.165) is 44.0 Å². The third-order valence-electron chi connectivity index (χ3n) is 4.45. The molecule has 0 radical (unpaired) electrons. The molecule has 1 saturated heterocycles. The van der Waals surface area contributed by atoms with Gasteiger partial charge in [-0.1, -0.05) is 0 Å². The number of rotatable bonds is 4. The Balaban J connectivity index is 1.56. The molecule has 140 valence electrons. The smallest absolute Gasteiger partial charge is 0.367 e. The van der Waals surface area contributed by atoms with Crippen molar-refractivity contribution in [1.82, 2.24) is 24.4 Å². The second-order valence-corrected chi connectivity index (χ2v) is 6.28. The number of piperidine rings is 1. The van der Waals surface area contributed by atoms with E-state index in [0.29, 0.717) is 6.54 Å². The highest BCUT2D eigenvalue weighted by Crippen LogP contribution is 2.28. The largest absolute Gasteiger partial charge is 0.433 e. The summed E-state index contributed by atoms with van der Waals surface area (Å²) in [4.78, 5) is 24.9. The zero-order chi connectivity index (χ0) is 18.7. The minimum Gasteiger partial charge on any atom is -0.367 e. The Bertz CT molecular complexity index is 814. The first-order valence-corrected chi connectivity index (χ1v) is 8.21. The standard InChI is InChI=1S/C16H19F3N6O/c1-24-12(7-20-8-15(24)26)9-25-4-2-11(3-5-25)23-14-6-13(16(17,18)19)21-10-22-14/h6-8,10-11H,2-5,9H2,1H3,(H,21,22,23). The van der Waals surface area contributed by atoms with Gasteiger partial charge in [-0.15, -0.1) is 0 Å². The van der Waals surface area contributed by atoms with Gasteiger partial charge in [-0.05, 0) is 12.8 Å². The van der Waals surface area contributed by atoms with Crippen molar-refractivity contribution >= 4 is 5.82 Å². The summed E-state index contributed by atoms with van der Waals surface area (Å²) in [5, 5.41) is 3.05. The summed E-state index contributed by atoms with van der Waals surface area (Å²) in [6, 6.07) is 0.970. The number of halogens is 3. The van der Waals surface area contributed by atoms with Crippen LogP contribution in [0.4, 0.5) is 19.0 Å². The van der Waals surface area contributed by atoms with E-state index in [2.05, 4.69) is 25.2 Å². The second-order valence-electron chi connectivity index (χ2n) is 6.28. The van der Waals surface area contributed by atoms with Gasteiger partial charge < -0.3 is 9.88 Å². The molecule has 0 amide bonds. The molecule has 7 nitrogen and oxygen atoms in total.